The van der Waals surface area contributed by atoms with Crippen LogP contribution in [0.25, 0.3) is 0 Å². The van der Waals surface area contributed by atoms with Gasteiger partial charge in [-0.3, -0.25) is 13.9 Å². The summed E-state index contributed by atoms with van der Waals surface area (Å²) in [7, 11) is -2.27. The first-order valence-corrected chi connectivity index (χ1v) is 15.5. The lowest BCUT2D eigenvalue weighted by molar-refractivity contribution is -0.139. The van der Waals surface area contributed by atoms with Crippen molar-refractivity contribution in [2.75, 3.05) is 36.9 Å². The van der Waals surface area contributed by atoms with Gasteiger partial charge in [0.1, 0.15) is 31.5 Å². The van der Waals surface area contributed by atoms with E-state index < -0.39 is 28.5 Å². The predicted molar refractivity (Wildman–Crippen MR) is 152 cm³/mol. The van der Waals surface area contributed by atoms with Gasteiger partial charge in [-0.25, -0.2) is 8.42 Å². The molecule has 11 heteroatoms. The Morgan fingerprint density at radius 2 is 1.70 bits per heavy atom. The van der Waals surface area contributed by atoms with E-state index in [1.807, 2.05) is 12.1 Å². The number of nitrogens with zero attached hydrogens (tertiary/aromatic N) is 2. The van der Waals surface area contributed by atoms with Crippen molar-refractivity contribution in [1.82, 2.24) is 10.2 Å². The number of ether oxygens (including phenoxy) is 3. The van der Waals surface area contributed by atoms with Crippen molar-refractivity contribution in [2.24, 2.45) is 0 Å². The standard InChI is InChI=1S/C29H39N3O7S/c1-4-40(35,36)32(24-12-15-26-27(18-24)39-17-16-38-26)20-28(33)31(19-22-10-13-25(37-3)14-11-22)21(2)29(34)30-23-8-6-5-7-9-23/h10-15,18,21,23H,4-9,16-17,19-20H2,1-3H3,(H,30,34)/t21-/m1/s1. The average molecular weight is 574 g/mol. The van der Waals surface area contributed by atoms with Gasteiger partial charge in [0.05, 0.1) is 18.6 Å². The third-order valence-electron chi connectivity index (χ3n) is 7.42. The van der Waals surface area contributed by atoms with Gasteiger partial charge < -0.3 is 24.4 Å². The Balaban J connectivity index is 1.61. The van der Waals surface area contributed by atoms with Crippen molar-refractivity contribution in [1.29, 1.82) is 0 Å². The lowest BCUT2D eigenvalue weighted by atomic mass is 9.95. The second-order valence-corrected chi connectivity index (χ2v) is 12.3. The Bertz CT molecular complexity index is 1280. The Labute approximate surface area is 236 Å². The van der Waals surface area contributed by atoms with E-state index in [4.69, 9.17) is 14.2 Å². The van der Waals surface area contributed by atoms with Gasteiger partial charge in [-0.1, -0.05) is 31.4 Å². The molecule has 0 spiro atoms. The molecule has 10 nitrogen and oxygen atoms in total. The molecule has 0 aromatic heterocycles. The summed E-state index contributed by atoms with van der Waals surface area (Å²) in [6.07, 6.45) is 5.11. The molecule has 2 amide bonds. The smallest absolute Gasteiger partial charge is 0.244 e. The van der Waals surface area contributed by atoms with E-state index in [-0.39, 0.29) is 24.2 Å². The van der Waals surface area contributed by atoms with Crippen molar-refractivity contribution in [3.63, 3.8) is 0 Å². The van der Waals surface area contributed by atoms with Crippen LogP contribution in [0.4, 0.5) is 5.69 Å². The van der Waals surface area contributed by atoms with Crippen molar-refractivity contribution < 1.29 is 32.2 Å². The summed E-state index contributed by atoms with van der Waals surface area (Å²) in [5.74, 6) is 0.660. The zero-order valence-electron chi connectivity index (χ0n) is 23.4. The first-order valence-electron chi connectivity index (χ1n) is 13.8. The van der Waals surface area contributed by atoms with Crippen LogP contribution < -0.4 is 23.8 Å². The fraction of sp³-hybridized carbons (Fsp3) is 0.517. The number of hydrogen-bond acceptors (Lipinski definition) is 7. The summed E-state index contributed by atoms with van der Waals surface area (Å²) in [6, 6.07) is 11.3. The minimum atomic E-state index is -3.85. The molecular formula is C29H39N3O7S. The van der Waals surface area contributed by atoms with E-state index in [0.717, 1.165) is 42.0 Å². The third-order valence-corrected chi connectivity index (χ3v) is 9.17. The number of benzene rings is 2. The fourth-order valence-corrected chi connectivity index (χ4v) is 6.04. The van der Waals surface area contributed by atoms with Crippen molar-refractivity contribution in [3.05, 3.63) is 48.0 Å². The van der Waals surface area contributed by atoms with E-state index in [2.05, 4.69) is 5.32 Å². The molecule has 0 radical (unpaired) electrons. The van der Waals surface area contributed by atoms with Gasteiger partial charge >= 0.3 is 0 Å². The summed E-state index contributed by atoms with van der Waals surface area (Å²) >= 11 is 0. The number of methoxy groups -OCH3 is 1. The molecule has 2 aromatic rings. The van der Waals surface area contributed by atoms with Crippen LogP contribution in [-0.2, 0) is 26.2 Å². The Morgan fingerprint density at radius 1 is 1.02 bits per heavy atom. The largest absolute Gasteiger partial charge is 0.497 e. The molecule has 0 saturated heterocycles. The van der Waals surface area contributed by atoms with E-state index in [1.54, 1.807) is 44.4 Å². The van der Waals surface area contributed by atoms with Crippen LogP contribution in [0.1, 0.15) is 51.5 Å². The van der Waals surface area contributed by atoms with Crippen LogP contribution in [0.3, 0.4) is 0 Å². The highest BCUT2D eigenvalue weighted by Gasteiger charge is 2.32. The van der Waals surface area contributed by atoms with Gasteiger partial charge in [0.2, 0.25) is 21.8 Å². The SMILES string of the molecule is CCS(=O)(=O)N(CC(=O)N(Cc1ccc(OC)cc1)[C@H](C)C(=O)NC1CCCCC1)c1ccc2c(c1)OCCO2. The summed E-state index contributed by atoms with van der Waals surface area (Å²) in [4.78, 5) is 28.7. The molecule has 0 unspecified atom stereocenters. The molecule has 2 aromatic carbocycles. The molecule has 1 atom stereocenters. The highest BCUT2D eigenvalue weighted by Crippen LogP contribution is 2.35. The van der Waals surface area contributed by atoms with Gasteiger partial charge in [-0.2, -0.15) is 0 Å². The highest BCUT2D eigenvalue weighted by atomic mass is 32.2. The Hall–Kier alpha value is -3.47. The number of carbonyl (C=O) groups excluding carboxylic acids is 2. The maximum atomic E-state index is 13.9. The summed E-state index contributed by atoms with van der Waals surface area (Å²) < 4.78 is 44.0. The van der Waals surface area contributed by atoms with E-state index in [9.17, 15) is 18.0 Å². The number of sulfonamides is 1. The van der Waals surface area contributed by atoms with Gasteiger partial charge in [0, 0.05) is 18.7 Å². The number of rotatable bonds is 11. The molecule has 1 heterocycles. The first-order chi connectivity index (χ1) is 19.2. The van der Waals surface area contributed by atoms with Gasteiger partial charge in [0.15, 0.2) is 11.5 Å². The lowest BCUT2D eigenvalue weighted by Crippen LogP contribution is -2.53. The normalized spacial score (nSPS) is 16.1. The molecule has 1 aliphatic carbocycles. The molecule has 1 N–H and O–H groups in total. The molecule has 40 heavy (non-hydrogen) atoms. The number of hydrogen-bond donors (Lipinski definition) is 1. The number of carbonyl (C=O) groups is 2. The first kappa shape index (κ1) is 29.5. The zero-order chi connectivity index (χ0) is 28.7. The lowest BCUT2D eigenvalue weighted by Gasteiger charge is -2.33. The topological polar surface area (TPSA) is 114 Å². The summed E-state index contributed by atoms with van der Waals surface area (Å²) in [5, 5.41) is 3.10. The molecule has 2 aliphatic rings. The maximum Gasteiger partial charge on any atom is 0.244 e. The number of fused-ring (bicyclic) bond motifs is 1. The van der Waals surface area contributed by atoms with Crippen LogP contribution in [0.5, 0.6) is 17.2 Å². The van der Waals surface area contributed by atoms with E-state index in [1.165, 1.54) is 11.8 Å². The fourth-order valence-electron chi connectivity index (χ4n) is 4.99. The van der Waals surface area contributed by atoms with E-state index in [0.29, 0.717) is 36.1 Å². The number of amides is 2. The summed E-state index contributed by atoms with van der Waals surface area (Å²) in [5.41, 5.74) is 1.08. The molecule has 1 fully saturated rings. The third kappa shape index (κ3) is 7.18. The van der Waals surface area contributed by atoms with E-state index >= 15 is 0 Å². The summed E-state index contributed by atoms with van der Waals surface area (Å²) in [6.45, 7) is 3.63. The number of nitrogens with one attached hydrogen (secondary N) is 1. The van der Waals surface area contributed by atoms with Crippen LogP contribution in [0.15, 0.2) is 42.5 Å². The monoisotopic (exact) mass is 573 g/mol. The molecule has 0 bridgehead atoms. The van der Waals surface area contributed by atoms with Gasteiger partial charge in [0.25, 0.3) is 0 Å². The molecular weight excluding hydrogens is 534 g/mol. The molecule has 4 rings (SSSR count). The Morgan fingerprint density at radius 3 is 2.35 bits per heavy atom. The minimum Gasteiger partial charge on any atom is -0.497 e. The highest BCUT2D eigenvalue weighted by molar-refractivity contribution is 7.92. The van der Waals surface area contributed by atoms with Gasteiger partial charge in [-0.15, -0.1) is 0 Å². The average Bonchev–Trinajstić information content (AvgIpc) is 2.98. The second kappa shape index (κ2) is 13.3. The maximum absolute atomic E-state index is 13.9. The molecule has 1 saturated carbocycles. The van der Waals surface area contributed by atoms with Crippen molar-refractivity contribution in [2.45, 2.75) is 64.6 Å². The van der Waals surface area contributed by atoms with Crippen LogP contribution in [0, 0.1) is 0 Å². The van der Waals surface area contributed by atoms with Gasteiger partial charge in [-0.05, 0) is 56.5 Å². The predicted octanol–water partition coefficient (Wildman–Crippen LogP) is 3.49. The molecule has 218 valence electrons. The van der Waals surface area contributed by atoms with Crippen molar-refractivity contribution in [3.8, 4) is 17.2 Å². The van der Waals surface area contributed by atoms with Crippen LogP contribution in [0.2, 0.25) is 0 Å². The quantitative estimate of drug-likeness (QED) is 0.438. The van der Waals surface area contributed by atoms with Crippen LogP contribution in [-0.4, -0.2) is 69.8 Å². The number of anilines is 1. The minimum absolute atomic E-state index is 0.0799. The van der Waals surface area contributed by atoms with Crippen molar-refractivity contribution >= 4 is 27.5 Å². The zero-order valence-corrected chi connectivity index (χ0v) is 24.2. The Kier molecular flexibility index (Phi) is 9.78. The molecule has 1 aliphatic heterocycles. The van der Waals surface area contributed by atoms with Crippen LogP contribution >= 0.6 is 0 Å². The second-order valence-electron chi connectivity index (χ2n) is 10.1.